The number of hydrogen-bond donors (Lipinski definition) is 0. The number of benzene rings is 1. The Hall–Kier alpha value is -1.10. The number of fused-ring (bicyclic) bond motifs is 1. The number of carbonyl (C=O) groups excluding carboxylic acids is 2. The molecule has 0 aliphatic heterocycles. The van der Waals surface area contributed by atoms with Gasteiger partial charge >= 0.3 is 115 Å². The molecule has 94 valence electrons. The Morgan fingerprint density at radius 3 is 2.89 bits per heavy atom. The van der Waals surface area contributed by atoms with E-state index in [-0.39, 0.29) is 26.9 Å². The van der Waals surface area contributed by atoms with Crippen LogP contribution < -0.4 is 0 Å². The zero-order valence-electron chi connectivity index (χ0n) is 9.71. The molecule has 0 fully saturated rings. The molecule has 0 unspecified atom stereocenters. The van der Waals surface area contributed by atoms with E-state index in [2.05, 4.69) is 9.72 Å². The summed E-state index contributed by atoms with van der Waals surface area (Å²) in [5, 5.41) is 0. The quantitative estimate of drug-likeness (QED) is 0.360. The van der Waals surface area contributed by atoms with Gasteiger partial charge in [-0.05, 0) is 0 Å². The van der Waals surface area contributed by atoms with Crippen molar-refractivity contribution < 1.29 is 14.3 Å². The van der Waals surface area contributed by atoms with Gasteiger partial charge in [-0.3, -0.25) is 0 Å². The van der Waals surface area contributed by atoms with Crippen LogP contribution >= 0.6 is 11.8 Å². The van der Waals surface area contributed by atoms with Gasteiger partial charge in [0, 0.05) is 0 Å². The second kappa shape index (κ2) is 6.18. The van der Waals surface area contributed by atoms with Crippen molar-refractivity contribution in [3.63, 3.8) is 0 Å². The van der Waals surface area contributed by atoms with Crippen LogP contribution in [0.4, 0.5) is 0 Å². The monoisotopic (exact) mass is 329 g/mol. The molecule has 1 heterocycles. The van der Waals surface area contributed by atoms with E-state index < -0.39 is 11.8 Å². The number of esters is 1. The summed E-state index contributed by atoms with van der Waals surface area (Å²) in [6.07, 6.45) is 0. The number of carbonyl (C=O) groups is 2. The van der Waals surface area contributed by atoms with Gasteiger partial charge in [-0.1, -0.05) is 0 Å². The number of rotatable bonds is 5. The fraction of sp³-hybridized carbons (Fsp3) is 0.250. The summed E-state index contributed by atoms with van der Waals surface area (Å²) in [5.41, 5.74) is 0.976. The predicted octanol–water partition coefficient (Wildman–Crippen LogP) is 1.52. The summed E-state index contributed by atoms with van der Waals surface area (Å²) < 4.78 is 6.79. The maximum absolute atomic E-state index is 11.4. The fourth-order valence-electron chi connectivity index (χ4n) is 1.31. The standard InChI is InChI=1S/C12H11NO3SSe/c1-2-16-11(15)9(14)7-17-12-13-8-5-3-4-6-10(8)18-12/h3-6H,2,7H2,1H3. The van der Waals surface area contributed by atoms with E-state index in [0.29, 0.717) is 0 Å². The number of para-hydroxylation sites is 1. The molecule has 1 aromatic heterocycles. The first-order valence-electron chi connectivity index (χ1n) is 5.39. The van der Waals surface area contributed by atoms with Gasteiger partial charge in [0.25, 0.3) is 0 Å². The first-order chi connectivity index (χ1) is 8.70. The minimum atomic E-state index is -0.756. The van der Waals surface area contributed by atoms with E-state index in [9.17, 15) is 9.59 Å². The van der Waals surface area contributed by atoms with Crippen molar-refractivity contribution in [2.75, 3.05) is 12.4 Å². The third-order valence-electron chi connectivity index (χ3n) is 2.10. The average Bonchev–Trinajstić information content (AvgIpc) is 2.78. The molecule has 1 aromatic carbocycles. The van der Waals surface area contributed by atoms with E-state index in [1.54, 1.807) is 6.92 Å². The van der Waals surface area contributed by atoms with Gasteiger partial charge in [0.05, 0.1) is 0 Å². The zero-order chi connectivity index (χ0) is 13.0. The van der Waals surface area contributed by atoms with Crippen LogP contribution in [0.25, 0.3) is 9.78 Å². The van der Waals surface area contributed by atoms with Gasteiger partial charge in [-0.2, -0.15) is 0 Å². The summed E-state index contributed by atoms with van der Waals surface area (Å²) in [4.78, 5) is 27.0. The molecule has 0 aliphatic carbocycles. The summed E-state index contributed by atoms with van der Waals surface area (Å²) in [6.45, 7) is 1.91. The molecule has 0 spiro atoms. The van der Waals surface area contributed by atoms with Crippen LogP contribution in [0.2, 0.25) is 0 Å². The summed E-state index contributed by atoms with van der Waals surface area (Å²) in [5.74, 6) is -1.15. The maximum atomic E-state index is 11.4. The number of ether oxygens (including phenoxy) is 1. The second-order valence-electron chi connectivity index (χ2n) is 3.38. The van der Waals surface area contributed by atoms with Gasteiger partial charge < -0.3 is 0 Å². The molecular formula is C12H11NO3SSe. The normalized spacial score (nSPS) is 10.5. The molecule has 0 N–H and O–H groups in total. The van der Waals surface area contributed by atoms with Gasteiger partial charge in [-0.25, -0.2) is 0 Å². The summed E-state index contributed by atoms with van der Waals surface area (Å²) in [7, 11) is 0. The molecule has 6 heteroatoms. The van der Waals surface area contributed by atoms with Crippen molar-refractivity contribution in [1.29, 1.82) is 0 Å². The molecule has 0 bridgehead atoms. The molecule has 0 atom stereocenters. The molecule has 0 saturated carbocycles. The van der Waals surface area contributed by atoms with Crippen molar-refractivity contribution in [2.45, 2.75) is 10.8 Å². The Bertz CT molecular complexity index is 548. The topological polar surface area (TPSA) is 56.3 Å². The first-order valence-corrected chi connectivity index (χ1v) is 8.09. The van der Waals surface area contributed by atoms with Crippen LogP contribution in [-0.4, -0.2) is 43.6 Å². The molecule has 0 aliphatic rings. The number of hydrogen-bond acceptors (Lipinski definition) is 5. The average molecular weight is 328 g/mol. The van der Waals surface area contributed by atoms with Gasteiger partial charge in [-0.15, -0.1) is 0 Å². The van der Waals surface area contributed by atoms with Crippen molar-refractivity contribution in [3.05, 3.63) is 24.3 Å². The summed E-state index contributed by atoms with van der Waals surface area (Å²) in [6, 6.07) is 7.92. The van der Waals surface area contributed by atoms with Gasteiger partial charge in [0.1, 0.15) is 0 Å². The fourth-order valence-corrected chi connectivity index (χ4v) is 4.58. The number of aromatic nitrogens is 1. The number of nitrogens with zero attached hydrogens (tertiary/aromatic N) is 1. The van der Waals surface area contributed by atoms with Crippen molar-refractivity contribution in [1.82, 2.24) is 4.98 Å². The van der Waals surface area contributed by atoms with Crippen LogP contribution in [0, 0.1) is 0 Å². The molecular weight excluding hydrogens is 317 g/mol. The molecule has 2 aromatic rings. The Morgan fingerprint density at radius 1 is 1.39 bits per heavy atom. The molecule has 4 nitrogen and oxygen atoms in total. The third-order valence-corrected chi connectivity index (χ3v) is 5.77. The second-order valence-corrected chi connectivity index (χ2v) is 7.09. The van der Waals surface area contributed by atoms with Crippen LogP contribution in [0.3, 0.4) is 0 Å². The van der Waals surface area contributed by atoms with E-state index >= 15 is 0 Å². The summed E-state index contributed by atoms with van der Waals surface area (Å²) >= 11 is 1.48. The van der Waals surface area contributed by atoms with Crippen molar-refractivity contribution in [3.8, 4) is 0 Å². The van der Waals surface area contributed by atoms with E-state index in [0.717, 1.165) is 9.42 Å². The van der Waals surface area contributed by atoms with Crippen LogP contribution in [0.5, 0.6) is 0 Å². The molecule has 0 amide bonds. The molecule has 0 saturated heterocycles. The number of ketones is 1. The Labute approximate surface area is 114 Å². The van der Waals surface area contributed by atoms with Crippen molar-refractivity contribution in [2.24, 2.45) is 0 Å². The Kier molecular flexibility index (Phi) is 4.58. The Balaban J connectivity index is 1.98. The van der Waals surface area contributed by atoms with Crippen LogP contribution in [0.1, 0.15) is 6.92 Å². The van der Waals surface area contributed by atoms with Crippen LogP contribution in [0.15, 0.2) is 28.2 Å². The molecule has 2 rings (SSSR count). The number of Topliss-reactive ketones (excluding diaryl/α,β-unsaturated/α-hetero) is 1. The minimum absolute atomic E-state index is 0.105. The molecule has 18 heavy (non-hydrogen) atoms. The van der Waals surface area contributed by atoms with Gasteiger partial charge in [0.15, 0.2) is 0 Å². The van der Waals surface area contributed by atoms with Crippen molar-refractivity contribution >= 4 is 47.8 Å². The molecule has 0 radical (unpaired) electrons. The van der Waals surface area contributed by atoms with Crippen LogP contribution in [-0.2, 0) is 14.3 Å². The first kappa shape index (κ1) is 13.3. The Morgan fingerprint density at radius 2 is 2.17 bits per heavy atom. The zero-order valence-corrected chi connectivity index (χ0v) is 12.2. The van der Waals surface area contributed by atoms with Gasteiger partial charge in [0.2, 0.25) is 0 Å². The van der Waals surface area contributed by atoms with E-state index in [1.807, 2.05) is 24.3 Å². The third kappa shape index (κ3) is 3.22. The van der Waals surface area contributed by atoms with E-state index in [4.69, 9.17) is 0 Å². The SMILES string of the molecule is CCOC(=O)C(=O)CSc1nc2ccccc2[se]1. The van der Waals surface area contributed by atoms with E-state index in [1.165, 1.54) is 16.0 Å². The predicted molar refractivity (Wildman–Crippen MR) is 71.0 cm³/mol. The number of thioether (sulfide) groups is 1.